The molecule has 0 saturated heterocycles. The van der Waals surface area contributed by atoms with E-state index in [-0.39, 0.29) is 11.9 Å². The largest absolute Gasteiger partial charge is 0.392 e. The summed E-state index contributed by atoms with van der Waals surface area (Å²) < 4.78 is 15.5. The van der Waals surface area contributed by atoms with Crippen LogP contribution < -0.4 is 0 Å². The van der Waals surface area contributed by atoms with Crippen LogP contribution in [0, 0.1) is 12.7 Å². The zero-order valence-corrected chi connectivity index (χ0v) is 20.7. The average molecular weight is 465 g/mol. The van der Waals surface area contributed by atoms with Gasteiger partial charge in [-0.25, -0.2) is 9.07 Å². The number of aliphatic hydroxyl groups excluding tert-OH is 1. The van der Waals surface area contributed by atoms with Crippen molar-refractivity contribution in [2.45, 2.75) is 65.8 Å². The SMILES string of the molecule is CCC[C@H](O)CN(CC)Cc1nn(-c2ccc(C)cc2)c2c1CN(Cc1ccc(F)cc1)CC2. The van der Waals surface area contributed by atoms with Gasteiger partial charge >= 0.3 is 0 Å². The third-order valence-corrected chi connectivity index (χ3v) is 6.73. The molecule has 1 aromatic heterocycles. The number of aryl methyl sites for hydroxylation is 1. The highest BCUT2D eigenvalue weighted by atomic mass is 19.1. The normalized spacial score (nSPS) is 15.0. The molecule has 1 atom stereocenters. The van der Waals surface area contributed by atoms with E-state index in [1.165, 1.54) is 29.0 Å². The molecule has 6 heteroatoms. The first-order valence-electron chi connectivity index (χ1n) is 12.5. The zero-order valence-electron chi connectivity index (χ0n) is 20.7. The van der Waals surface area contributed by atoms with E-state index in [9.17, 15) is 9.50 Å². The second-order valence-corrected chi connectivity index (χ2v) is 9.48. The molecule has 2 aromatic carbocycles. The minimum Gasteiger partial charge on any atom is -0.392 e. The highest BCUT2D eigenvalue weighted by Crippen LogP contribution is 2.27. The van der Waals surface area contributed by atoms with Crippen molar-refractivity contribution >= 4 is 0 Å². The first-order valence-corrected chi connectivity index (χ1v) is 12.5. The maximum atomic E-state index is 13.4. The molecular weight excluding hydrogens is 427 g/mol. The molecule has 182 valence electrons. The van der Waals surface area contributed by atoms with Crippen molar-refractivity contribution in [2.75, 3.05) is 19.6 Å². The van der Waals surface area contributed by atoms with Crippen molar-refractivity contribution in [1.29, 1.82) is 0 Å². The molecule has 0 unspecified atom stereocenters. The van der Waals surface area contributed by atoms with Crippen LogP contribution in [-0.2, 0) is 26.1 Å². The maximum absolute atomic E-state index is 13.4. The number of halogens is 1. The minimum atomic E-state index is -0.310. The molecule has 34 heavy (non-hydrogen) atoms. The van der Waals surface area contributed by atoms with Gasteiger partial charge in [-0.15, -0.1) is 0 Å². The van der Waals surface area contributed by atoms with Crippen LogP contribution in [0.4, 0.5) is 4.39 Å². The molecule has 0 amide bonds. The predicted molar refractivity (Wildman–Crippen MR) is 134 cm³/mol. The van der Waals surface area contributed by atoms with Crippen molar-refractivity contribution in [1.82, 2.24) is 19.6 Å². The summed E-state index contributed by atoms with van der Waals surface area (Å²) in [4.78, 5) is 4.71. The van der Waals surface area contributed by atoms with E-state index in [1.807, 2.05) is 12.1 Å². The molecule has 3 aromatic rings. The topological polar surface area (TPSA) is 44.5 Å². The van der Waals surface area contributed by atoms with Crippen molar-refractivity contribution in [3.05, 3.63) is 82.4 Å². The highest BCUT2D eigenvalue weighted by molar-refractivity contribution is 5.40. The van der Waals surface area contributed by atoms with Gasteiger partial charge in [0.2, 0.25) is 0 Å². The molecule has 4 rings (SSSR count). The van der Waals surface area contributed by atoms with Gasteiger partial charge in [-0.1, -0.05) is 50.1 Å². The van der Waals surface area contributed by atoms with Gasteiger partial charge in [-0.2, -0.15) is 5.10 Å². The van der Waals surface area contributed by atoms with Crippen LogP contribution in [0.3, 0.4) is 0 Å². The Kier molecular flexibility index (Phi) is 8.14. The van der Waals surface area contributed by atoms with E-state index in [1.54, 1.807) is 0 Å². The molecular formula is C28H37FN4O. The standard InChI is InChI=1S/C28H37FN4O/c1-4-6-25(34)18-31(5-2)20-27-26-19-32(17-22-9-11-23(29)12-10-22)16-15-28(26)33(30-27)24-13-7-21(3)8-14-24/h7-14,25,34H,4-6,15-20H2,1-3H3/t25-/m0/s1. The summed E-state index contributed by atoms with van der Waals surface area (Å²) in [5.41, 5.74) is 7.10. The van der Waals surface area contributed by atoms with Gasteiger partial charge in [0, 0.05) is 44.7 Å². The van der Waals surface area contributed by atoms with E-state index < -0.39 is 0 Å². The number of hydrogen-bond acceptors (Lipinski definition) is 4. The zero-order chi connectivity index (χ0) is 24.1. The number of hydrogen-bond donors (Lipinski definition) is 1. The molecule has 1 aliphatic heterocycles. The van der Waals surface area contributed by atoms with Crippen LogP contribution >= 0.6 is 0 Å². The lowest BCUT2D eigenvalue weighted by Crippen LogP contribution is -2.33. The fourth-order valence-corrected chi connectivity index (χ4v) is 4.79. The van der Waals surface area contributed by atoms with Crippen molar-refractivity contribution in [2.24, 2.45) is 0 Å². The Morgan fingerprint density at radius 1 is 1.09 bits per heavy atom. The number of benzene rings is 2. The molecule has 0 radical (unpaired) electrons. The molecule has 0 spiro atoms. The highest BCUT2D eigenvalue weighted by Gasteiger charge is 2.26. The van der Waals surface area contributed by atoms with Crippen LogP contribution in [0.1, 0.15) is 54.8 Å². The quantitative estimate of drug-likeness (QED) is 0.465. The fourth-order valence-electron chi connectivity index (χ4n) is 4.79. The lowest BCUT2D eigenvalue weighted by atomic mass is 10.0. The summed E-state index contributed by atoms with van der Waals surface area (Å²) in [6.45, 7) is 11.2. The van der Waals surface area contributed by atoms with E-state index in [0.29, 0.717) is 6.54 Å². The molecule has 0 fully saturated rings. The second-order valence-electron chi connectivity index (χ2n) is 9.48. The van der Waals surface area contributed by atoms with Crippen molar-refractivity contribution in [3.8, 4) is 5.69 Å². The Labute approximate surface area is 202 Å². The molecule has 5 nitrogen and oxygen atoms in total. The third kappa shape index (κ3) is 5.93. The van der Waals surface area contributed by atoms with Crippen molar-refractivity contribution in [3.63, 3.8) is 0 Å². The van der Waals surface area contributed by atoms with Crippen LogP contribution in [-0.4, -0.2) is 50.4 Å². The summed E-state index contributed by atoms with van der Waals surface area (Å²) >= 11 is 0. The number of fused-ring (bicyclic) bond motifs is 1. The van der Waals surface area contributed by atoms with Gasteiger partial charge in [0.25, 0.3) is 0 Å². The summed E-state index contributed by atoms with van der Waals surface area (Å²) in [5.74, 6) is -0.198. The summed E-state index contributed by atoms with van der Waals surface area (Å²) in [6, 6.07) is 15.3. The Bertz CT molecular complexity index is 1060. The van der Waals surface area contributed by atoms with Crippen molar-refractivity contribution < 1.29 is 9.50 Å². The number of rotatable bonds is 10. The minimum absolute atomic E-state index is 0.198. The lowest BCUT2D eigenvalue weighted by molar-refractivity contribution is 0.103. The fraction of sp³-hybridized carbons (Fsp3) is 0.464. The van der Waals surface area contributed by atoms with Crippen LogP contribution in [0.2, 0.25) is 0 Å². The first-order chi connectivity index (χ1) is 16.5. The molecule has 0 bridgehead atoms. The molecule has 2 heterocycles. The number of aromatic nitrogens is 2. The Morgan fingerprint density at radius 2 is 1.82 bits per heavy atom. The number of aliphatic hydroxyl groups is 1. The summed E-state index contributed by atoms with van der Waals surface area (Å²) in [5, 5.41) is 15.5. The van der Waals surface area contributed by atoms with Gasteiger partial charge in [0.1, 0.15) is 5.82 Å². The Hall–Kier alpha value is -2.54. The predicted octanol–water partition coefficient (Wildman–Crippen LogP) is 4.86. The Balaban J connectivity index is 1.61. The number of likely N-dealkylation sites (N-methyl/N-ethyl adjacent to an activating group) is 1. The van der Waals surface area contributed by atoms with Gasteiger partial charge in [0.05, 0.1) is 23.2 Å². The lowest BCUT2D eigenvalue weighted by Gasteiger charge is -2.29. The summed E-state index contributed by atoms with van der Waals surface area (Å²) in [6.07, 6.45) is 2.41. The van der Waals surface area contributed by atoms with Gasteiger partial charge in [-0.3, -0.25) is 9.80 Å². The monoisotopic (exact) mass is 464 g/mol. The first kappa shape index (κ1) is 24.6. The van der Waals surface area contributed by atoms with E-state index in [4.69, 9.17) is 5.10 Å². The Morgan fingerprint density at radius 3 is 2.50 bits per heavy atom. The summed E-state index contributed by atoms with van der Waals surface area (Å²) in [7, 11) is 0. The molecule has 1 N–H and O–H groups in total. The van der Waals surface area contributed by atoms with Crippen LogP contribution in [0.25, 0.3) is 5.69 Å². The maximum Gasteiger partial charge on any atom is 0.123 e. The molecule has 1 aliphatic rings. The van der Waals surface area contributed by atoms with E-state index >= 15 is 0 Å². The van der Waals surface area contributed by atoms with Gasteiger partial charge in [0.15, 0.2) is 0 Å². The number of nitrogens with zero attached hydrogens (tertiary/aromatic N) is 4. The van der Waals surface area contributed by atoms with Gasteiger partial charge < -0.3 is 5.11 Å². The smallest absolute Gasteiger partial charge is 0.123 e. The van der Waals surface area contributed by atoms with Gasteiger partial charge in [-0.05, 0) is 49.7 Å². The second kappa shape index (κ2) is 11.3. The van der Waals surface area contributed by atoms with E-state index in [0.717, 1.165) is 68.9 Å². The van der Waals surface area contributed by atoms with E-state index in [2.05, 4.69) is 59.5 Å². The van der Waals surface area contributed by atoms with Crippen LogP contribution in [0.5, 0.6) is 0 Å². The molecule has 0 aliphatic carbocycles. The molecule has 0 saturated carbocycles. The average Bonchev–Trinajstić information content (AvgIpc) is 3.18. The third-order valence-electron chi connectivity index (χ3n) is 6.73. The van der Waals surface area contributed by atoms with Crippen LogP contribution in [0.15, 0.2) is 48.5 Å².